The number of carboxylic acids is 1. The van der Waals surface area contributed by atoms with Gasteiger partial charge in [0.2, 0.25) is 0 Å². The Morgan fingerprint density at radius 3 is 2.29 bits per heavy atom. The van der Waals surface area contributed by atoms with Gasteiger partial charge in [-0.15, -0.1) is 11.3 Å². The van der Waals surface area contributed by atoms with Gasteiger partial charge in [0.15, 0.2) is 5.78 Å². The van der Waals surface area contributed by atoms with E-state index in [0.717, 1.165) is 17.7 Å². The molecule has 0 amide bonds. The summed E-state index contributed by atoms with van der Waals surface area (Å²) in [5, 5.41) is 8.92. The van der Waals surface area contributed by atoms with Gasteiger partial charge in [0.1, 0.15) is 0 Å². The molecule has 0 fully saturated rings. The van der Waals surface area contributed by atoms with Gasteiger partial charge in [-0.25, -0.2) is 0 Å². The summed E-state index contributed by atoms with van der Waals surface area (Å²) in [6.07, 6.45) is 2.14. The molecule has 0 spiro atoms. The monoisotopic (exact) mass is 344 g/mol. The Hall–Kier alpha value is -1.94. The van der Waals surface area contributed by atoms with Crippen molar-refractivity contribution in [3.63, 3.8) is 0 Å². The maximum absolute atomic E-state index is 12.4. The molecule has 0 aliphatic rings. The average Bonchev–Trinajstić information content (AvgIpc) is 2.94. The van der Waals surface area contributed by atoms with Crippen LogP contribution in [0.1, 0.15) is 52.4 Å². The second kappa shape index (κ2) is 7.75. The van der Waals surface area contributed by atoms with Gasteiger partial charge in [-0.3, -0.25) is 9.59 Å². The zero-order valence-corrected chi connectivity index (χ0v) is 15.3. The van der Waals surface area contributed by atoms with E-state index in [1.807, 2.05) is 26.0 Å². The molecule has 4 heteroatoms. The first-order valence-corrected chi connectivity index (χ1v) is 8.96. The van der Waals surface area contributed by atoms with Crippen LogP contribution in [0.2, 0.25) is 0 Å². The maximum atomic E-state index is 12.4. The number of Topliss-reactive ketones (excluding diaryl/α,β-unsaturated/α-hetero) is 1. The predicted octanol–water partition coefficient (Wildman–Crippen LogP) is 4.92. The molecule has 2 aromatic rings. The lowest BCUT2D eigenvalue weighted by Crippen LogP contribution is -2.20. The molecule has 1 heterocycles. The second-order valence-electron chi connectivity index (χ2n) is 7.09. The fourth-order valence-electron chi connectivity index (χ4n) is 2.68. The summed E-state index contributed by atoms with van der Waals surface area (Å²) in [7, 11) is 0. The molecule has 2 rings (SSSR count). The Bertz CT molecular complexity index is 711. The number of thiophene rings is 1. The van der Waals surface area contributed by atoms with Crippen LogP contribution in [0.3, 0.4) is 0 Å². The van der Waals surface area contributed by atoms with E-state index in [-0.39, 0.29) is 18.6 Å². The predicted molar refractivity (Wildman–Crippen MR) is 97.9 cm³/mol. The van der Waals surface area contributed by atoms with Crippen LogP contribution in [-0.2, 0) is 17.6 Å². The van der Waals surface area contributed by atoms with Gasteiger partial charge in [0.05, 0.1) is 11.3 Å². The van der Waals surface area contributed by atoms with Crippen molar-refractivity contribution in [2.45, 2.75) is 46.5 Å². The third-order valence-corrected chi connectivity index (χ3v) is 5.17. The number of hydrogen-bond donors (Lipinski definition) is 1. The Balaban J connectivity index is 1.93. The Morgan fingerprint density at radius 1 is 1.00 bits per heavy atom. The molecule has 0 aliphatic heterocycles. The summed E-state index contributed by atoms with van der Waals surface area (Å²) in [5.41, 5.74) is 2.03. The Labute approximate surface area is 147 Å². The molecule has 0 radical (unpaired) electrons. The third kappa shape index (κ3) is 5.60. The molecule has 1 aromatic carbocycles. The molecule has 0 bridgehead atoms. The highest BCUT2D eigenvalue weighted by atomic mass is 32.1. The number of aliphatic carboxylic acids is 1. The first kappa shape index (κ1) is 18.4. The molecular weight excluding hydrogens is 320 g/mol. The Kier molecular flexibility index (Phi) is 5.94. The van der Waals surface area contributed by atoms with Crippen molar-refractivity contribution in [1.29, 1.82) is 0 Å². The fourth-order valence-corrected chi connectivity index (χ4v) is 3.62. The Morgan fingerprint density at radius 2 is 1.67 bits per heavy atom. The van der Waals surface area contributed by atoms with Gasteiger partial charge in [0.25, 0.3) is 0 Å². The van der Waals surface area contributed by atoms with Crippen molar-refractivity contribution >= 4 is 23.1 Å². The van der Waals surface area contributed by atoms with Crippen LogP contribution in [0.5, 0.6) is 0 Å². The summed E-state index contributed by atoms with van der Waals surface area (Å²) in [6, 6.07) is 12.4. The van der Waals surface area contributed by atoms with E-state index in [2.05, 4.69) is 31.2 Å². The van der Waals surface area contributed by atoms with E-state index >= 15 is 0 Å². The summed E-state index contributed by atoms with van der Waals surface area (Å²) < 4.78 is 0. The van der Waals surface area contributed by atoms with Crippen molar-refractivity contribution in [1.82, 2.24) is 0 Å². The highest BCUT2D eigenvalue weighted by molar-refractivity contribution is 7.14. The van der Waals surface area contributed by atoms with Crippen LogP contribution < -0.4 is 0 Å². The van der Waals surface area contributed by atoms with Crippen LogP contribution >= 0.6 is 11.3 Å². The first-order chi connectivity index (χ1) is 11.2. The molecule has 0 aliphatic carbocycles. The number of carbonyl (C=O) groups is 2. The fraction of sp³-hybridized carbons (Fsp3) is 0.400. The van der Waals surface area contributed by atoms with Crippen molar-refractivity contribution in [2.24, 2.45) is 5.41 Å². The average molecular weight is 344 g/mol. The van der Waals surface area contributed by atoms with Gasteiger partial charge in [-0.1, -0.05) is 43.7 Å². The van der Waals surface area contributed by atoms with Crippen molar-refractivity contribution in [3.05, 3.63) is 57.3 Å². The zero-order chi connectivity index (χ0) is 17.7. The van der Waals surface area contributed by atoms with Crippen LogP contribution in [0.15, 0.2) is 36.4 Å². The highest BCUT2D eigenvalue weighted by Gasteiger charge is 2.26. The molecule has 128 valence electrons. The normalized spacial score (nSPS) is 11.5. The molecule has 24 heavy (non-hydrogen) atoms. The van der Waals surface area contributed by atoms with E-state index < -0.39 is 11.4 Å². The van der Waals surface area contributed by atoms with Gasteiger partial charge >= 0.3 is 5.97 Å². The maximum Gasteiger partial charge on any atom is 0.303 e. The number of benzene rings is 1. The standard InChI is InChI=1S/C20H24O3S/c1-14-4-6-15(7-5-14)8-9-16-10-11-18(24-16)17(21)12-20(2,3)13-19(22)23/h4-7,10-11H,8-9,12-13H2,1-3H3,(H,22,23). The molecular formula is C20H24O3S. The van der Waals surface area contributed by atoms with Gasteiger partial charge in [-0.05, 0) is 42.9 Å². The summed E-state index contributed by atoms with van der Waals surface area (Å²) >= 11 is 1.53. The van der Waals surface area contributed by atoms with Gasteiger partial charge in [0, 0.05) is 11.3 Å². The number of carboxylic acid groups (broad SMARTS) is 1. The minimum Gasteiger partial charge on any atom is -0.481 e. The van der Waals surface area contributed by atoms with E-state index in [1.165, 1.54) is 27.3 Å². The summed E-state index contributed by atoms with van der Waals surface area (Å²) in [6.45, 7) is 5.72. The second-order valence-corrected chi connectivity index (χ2v) is 8.25. The van der Waals surface area contributed by atoms with E-state index in [1.54, 1.807) is 0 Å². The minimum absolute atomic E-state index is 0.00436. The van der Waals surface area contributed by atoms with Crippen molar-refractivity contribution < 1.29 is 14.7 Å². The van der Waals surface area contributed by atoms with Crippen LogP contribution in [0.25, 0.3) is 0 Å². The van der Waals surface area contributed by atoms with Crippen LogP contribution in [0, 0.1) is 12.3 Å². The summed E-state index contributed by atoms with van der Waals surface area (Å²) in [4.78, 5) is 25.2. The number of hydrogen-bond acceptors (Lipinski definition) is 3. The molecule has 0 unspecified atom stereocenters. The number of aryl methyl sites for hydroxylation is 3. The smallest absolute Gasteiger partial charge is 0.303 e. The van der Waals surface area contributed by atoms with E-state index in [4.69, 9.17) is 5.11 Å². The van der Waals surface area contributed by atoms with Crippen molar-refractivity contribution in [3.8, 4) is 0 Å². The minimum atomic E-state index is -0.863. The quantitative estimate of drug-likeness (QED) is 0.692. The van der Waals surface area contributed by atoms with Gasteiger partial charge < -0.3 is 5.11 Å². The number of ketones is 1. The molecule has 0 atom stereocenters. The molecule has 3 nitrogen and oxygen atoms in total. The molecule has 0 saturated heterocycles. The SMILES string of the molecule is Cc1ccc(CCc2ccc(C(=O)CC(C)(C)CC(=O)O)s2)cc1. The van der Waals surface area contributed by atoms with Gasteiger partial charge in [-0.2, -0.15) is 0 Å². The van der Waals surface area contributed by atoms with Crippen LogP contribution in [-0.4, -0.2) is 16.9 Å². The molecule has 1 aromatic heterocycles. The lowest BCUT2D eigenvalue weighted by atomic mass is 9.84. The first-order valence-electron chi connectivity index (χ1n) is 8.14. The lowest BCUT2D eigenvalue weighted by Gasteiger charge is -2.20. The van der Waals surface area contributed by atoms with E-state index in [0.29, 0.717) is 0 Å². The number of carbonyl (C=O) groups excluding carboxylic acids is 1. The number of rotatable bonds is 8. The third-order valence-electron chi connectivity index (χ3n) is 3.99. The lowest BCUT2D eigenvalue weighted by molar-refractivity contribution is -0.139. The summed E-state index contributed by atoms with van der Waals surface area (Å²) in [5.74, 6) is -0.828. The molecule has 1 N–H and O–H groups in total. The van der Waals surface area contributed by atoms with Crippen LogP contribution in [0.4, 0.5) is 0 Å². The highest BCUT2D eigenvalue weighted by Crippen LogP contribution is 2.29. The van der Waals surface area contributed by atoms with E-state index in [9.17, 15) is 9.59 Å². The topological polar surface area (TPSA) is 54.4 Å². The molecule has 0 saturated carbocycles. The van der Waals surface area contributed by atoms with Crippen molar-refractivity contribution in [2.75, 3.05) is 0 Å². The zero-order valence-electron chi connectivity index (χ0n) is 14.5. The largest absolute Gasteiger partial charge is 0.481 e.